The highest BCUT2D eigenvalue weighted by Gasteiger charge is 2.27. The number of aryl methyl sites for hydroxylation is 1. The predicted octanol–water partition coefficient (Wildman–Crippen LogP) is 0.0440. The van der Waals surface area contributed by atoms with Crippen LogP contribution in [0.4, 0.5) is 5.69 Å². The lowest BCUT2D eigenvalue weighted by atomic mass is 10.1. The molecule has 0 bridgehead atoms. The van der Waals surface area contributed by atoms with Crippen LogP contribution in [0, 0.1) is 6.92 Å². The van der Waals surface area contributed by atoms with Crippen molar-refractivity contribution in [2.75, 3.05) is 63.8 Å². The number of benzene rings is 1. The van der Waals surface area contributed by atoms with Crippen LogP contribution >= 0.6 is 11.6 Å². The molecule has 0 atom stereocenters. The zero-order chi connectivity index (χ0) is 18.7. The van der Waals surface area contributed by atoms with Gasteiger partial charge in [-0.05, 0) is 24.6 Å². The van der Waals surface area contributed by atoms with E-state index in [4.69, 9.17) is 11.6 Å². The van der Waals surface area contributed by atoms with Crippen molar-refractivity contribution >= 4 is 29.1 Å². The Bertz CT molecular complexity index is 666. The van der Waals surface area contributed by atoms with Gasteiger partial charge in [0.25, 0.3) is 5.91 Å². The first-order chi connectivity index (χ1) is 12.4. The van der Waals surface area contributed by atoms with Gasteiger partial charge >= 0.3 is 0 Å². The standard InChI is InChI=1S/C19H27ClN4O2/c1-15-3-4-17(20)13-18(15)23-7-5-21(6-8-23)14-19(26)24-11-9-22(10-12-24)16(2)25/h3-4,13H,5-12,14H2,1-2H3/p+1. The van der Waals surface area contributed by atoms with Crippen LogP contribution in [0.5, 0.6) is 0 Å². The van der Waals surface area contributed by atoms with Gasteiger partial charge in [0, 0.05) is 43.8 Å². The molecule has 3 rings (SSSR count). The Morgan fingerprint density at radius 3 is 2.27 bits per heavy atom. The van der Waals surface area contributed by atoms with Crippen molar-refractivity contribution in [1.29, 1.82) is 0 Å². The van der Waals surface area contributed by atoms with Gasteiger partial charge in [-0.15, -0.1) is 0 Å². The quantitative estimate of drug-likeness (QED) is 0.807. The van der Waals surface area contributed by atoms with E-state index in [1.54, 1.807) is 6.92 Å². The first-order valence-corrected chi connectivity index (χ1v) is 9.70. The van der Waals surface area contributed by atoms with E-state index in [2.05, 4.69) is 17.9 Å². The van der Waals surface area contributed by atoms with E-state index in [9.17, 15) is 9.59 Å². The number of quaternary nitrogens is 1. The highest BCUT2D eigenvalue weighted by atomic mass is 35.5. The molecule has 1 N–H and O–H groups in total. The number of hydrogen-bond donors (Lipinski definition) is 1. The summed E-state index contributed by atoms with van der Waals surface area (Å²) >= 11 is 6.14. The zero-order valence-electron chi connectivity index (χ0n) is 15.6. The van der Waals surface area contributed by atoms with Crippen molar-refractivity contribution < 1.29 is 14.5 Å². The maximum Gasteiger partial charge on any atom is 0.277 e. The highest BCUT2D eigenvalue weighted by Crippen LogP contribution is 2.24. The third kappa shape index (κ3) is 4.48. The van der Waals surface area contributed by atoms with Crippen LogP contribution in [-0.2, 0) is 9.59 Å². The molecule has 0 unspecified atom stereocenters. The Hall–Kier alpha value is -1.79. The smallest absolute Gasteiger partial charge is 0.277 e. The fraction of sp³-hybridized carbons (Fsp3) is 0.579. The Morgan fingerprint density at radius 1 is 1.04 bits per heavy atom. The Kier molecular flexibility index (Phi) is 6.04. The third-order valence-corrected chi connectivity index (χ3v) is 5.70. The Labute approximate surface area is 160 Å². The first-order valence-electron chi connectivity index (χ1n) is 9.32. The van der Waals surface area contributed by atoms with E-state index >= 15 is 0 Å². The molecular weight excluding hydrogens is 352 g/mol. The van der Waals surface area contributed by atoms with Crippen LogP contribution in [0.1, 0.15) is 12.5 Å². The summed E-state index contributed by atoms with van der Waals surface area (Å²) in [7, 11) is 0. The number of rotatable bonds is 3. The average Bonchev–Trinajstić information content (AvgIpc) is 2.64. The molecule has 0 aromatic heterocycles. The molecule has 1 aromatic carbocycles. The second kappa shape index (κ2) is 8.27. The van der Waals surface area contributed by atoms with E-state index in [0.717, 1.165) is 31.2 Å². The fourth-order valence-corrected chi connectivity index (χ4v) is 3.93. The number of piperazine rings is 2. The van der Waals surface area contributed by atoms with Gasteiger partial charge in [0.15, 0.2) is 6.54 Å². The molecule has 2 aliphatic rings. The first kappa shape index (κ1) is 19.0. The zero-order valence-corrected chi connectivity index (χ0v) is 16.4. The molecule has 2 saturated heterocycles. The number of nitrogens with one attached hydrogen (secondary N) is 1. The van der Waals surface area contributed by atoms with Crippen molar-refractivity contribution in [2.24, 2.45) is 0 Å². The summed E-state index contributed by atoms with van der Waals surface area (Å²) in [6.07, 6.45) is 0. The number of carbonyl (C=O) groups is 2. The maximum absolute atomic E-state index is 12.6. The van der Waals surface area contributed by atoms with Gasteiger partial charge < -0.3 is 19.6 Å². The summed E-state index contributed by atoms with van der Waals surface area (Å²) in [4.78, 5) is 31.4. The Morgan fingerprint density at radius 2 is 1.65 bits per heavy atom. The summed E-state index contributed by atoms with van der Waals surface area (Å²) < 4.78 is 0. The van der Waals surface area contributed by atoms with Gasteiger partial charge in [-0.3, -0.25) is 9.59 Å². The lowest BCUT2D eigenvalue weighted by molar-refractivity contribution is -0.892. The molecule has 26 heavy (non-hydrogen) atoms. The van der Waals surface area contributed by atoms with Crippen LogP contribution in [-0.4, -0.2) is 80.5 Å². The van der Waals surface area contributed by atoms with E-state index in [1.807, 2.05) is 21.9 Å². The summed E-state index contributed by atoms with van der Waals surface area (Å²) in [6.45, 7) is 10.6. The normalized spacial score (nSPS) is 19.0. The van der Waals surface area contributed by atoms with Crippen molar-refractivity contribution in [1.82, 2.24) is 9.80 Å². The fourth-order valence-electron chi connectivity index (χ4n) is 3.76. The number of hydrogen-bond acceptors (Lipinski definition) is 3. The van der Waals surface area contributed by atoms with Crippen LogP contribution < -0.4 is 9.80 Å². The molecule has 2 aliphatic heterocycles. The van der Waals surface area contributed by atoms with Gasteiger partial charge in [-0.2, -0.15) is 0 Å². The van der Waals surface area contributed by atoms with Crippen LogP contribution in [0.3, 0.4) is 0 Å². The van der Waals surface area contributed by atoms with Crippen molar-refractivity contribution in [2.45, 2.75) is 13.8 Å². The topological polar surface area (TPSA) is 48.3 Å². The molecule has 7 heteroatoms. The minimum atomic E-state index is 0.0927. The number of carbonyl (C=O) groups excluding carboxylic acids is 2. The number of nitrogens with zero attached hydrogens (tertiary/aromatic N) is 3. The summed E-state index contributed by atoms with van der Waals surface area (Å²) in [5.74, 6) is 0.297. The largest absolute Gasteiger partial charge is 0.360 e. The van der Waals surface area contributed by atoms with E-state index < -0.39 is 0 Å². The molecule has 0 saturated carbocycles. The van der Waals surface area contributed by atoms with Crippen molar-refractivity contribution in [3.8, 4) is 0 Å². The molecular formula is C19H28ClN4O2+. The van der Waals surface area contributed by atoms with Gasteiger partial charge in [0.2, 0.25) is 5.91 Å². The second-order valence-corrected chi connectivity index (χ2v) is 7.67. The van der Waals surface area contributed by atoms with Gasteiger partial charge in [-0.25, -0.2) is 0 Å². The van der Waals surface area contributed by atoms with Gasteiger partial charge in [0.1, 0.15) is 0 Å². The minimum Gasteiger partial charge on any atom is -0.360 e. The second-order valence-electron chi connectivity index (χ2n) is 7.23. The monoisotopic (exact) mass is 379 g/mol. The average molecular weight is 380 g/mol. The van der Waals surface area contributed by atoms with Gasteiger partial charge in [-0.1, -0.05) is 17.7 Å². The third-order valence-electron chi connectivity index (χ3n) is 5.46. The molecule has 2 heterocycles. The Balaban J connectivity index is 1.47. The molecule has 0 radical (unpaired) electrons. The van der Waals surface area contributed by atoms with E-state index in [0.29, 0.717) is 32.7 Å². The molecule has 142 valence electrons. The molecule has 0 spiro atoms. The summed E-state index contributed by atoms with van der Waals surface area (Å²) in [6, 6.07) is 6.01. The van der Waals surface area contributed by atoms with Crippen LogP contribution in [0.25, 0.3) is 0 Å². The van der Waals surface area contributed by atoms with Crippen molar-refractivity contribution in [3.05, 3.63) is 28.8 Å². The summed E-state index contributed by atoms with van der Waals surface area (Å²) in [5, 5.41) is 0.764. The molecule has 2 amide bonds. The number of anilines is 1. The minimum absolute atomic E-state index is 0.0927. The number of amides is 2. The molecule has 2 fully saturated rings. The predicted molar refractivity (Wildman–Crippen MR) is 103 cm³/mol. The lowest BCUT2D eigenvalue weighted by Crippen LogP contribution is -3.16. The highest BCUT2D eigenvalue weighted by molar-refractivity contribution is 6.30. The lowest BCUT2D eigenvalue weighted by Gasteiger charge is -2.37. The van der Waals surface area contributed by atoms with Crippen LogP contribution in [0.2, 0.25) is 5.02 Å². The SMILES string of the molecule is CC(=O)N1CCN(C(=O)C[NH+]2CCN(c3cc(Cl)ccc3C)CC2)CC1. The molecule has 1 aromatic rings. The van der Waals surface area contributed by atoms with E-state index in [1.165, 1.54) is 16.2 Å². The summed E-state index contributed by atoms with van der Waals surface area (Å²) in [5.41, 5.74) is 2.43. The molecule has 6 nitrogen and oxygen atoms in total. The number of halogens is 1. The van der Waals surface area contributed by atoms with Crippen LogP contribution in [0.15, 0.2) is 18.2 Å². The molecule has 0 aliphatic carbocycles. The van der Waals surface area contributed by atoms with Gasteiger partial charge in [0.05, 0.1) is 26.2 Å². The van der Waals surface area contributed by atoms with Crippen molar-refractivity contribution in [3.63, 3.8) is 0 Å². The van der Waals surface area contributed by atoms with E-state index in [-0.39, 0.29) is 11.8 Å². The maximum atomic E-state index is 12.6.